The summed E-state index contributed by atoms with van der Waals surface area (Å²) >= 11 is 0. The van der Waals surface area contributed by atoms with Crippen LogP contribution in [0.15, 0.2) is 71.7 Å². The molecule has 0 spiro atoms. The van der Waals surface area contributed by atoms with E-state index in [2.05, 4.69) is 10.3 Å². The van der Waals surface area contributed by atoms with Crippen LogP contribution in [-0.2, 0) is 0 Å². The molecule has 0 fully saturated rings. The van der Waals surface area contributed by atoms with E-state index in [1.165, 1.54) is 48.7 Å². The smallest absolute Gasteiger partial charge is 0.273 e. The van der Waals surface area contributed by atoms with Crippen molar-refractivity contribution in [1.29, 1.82) is 0 Å². The number of halogens is 2. The summed E-state index contributed by atoms with van der Waals surface area (Å²) in [6.45, 7) is 0. The average molecular weight is 393 g/mol. The highest BCUT2D eigenvalue weighted by Crippen LogP contribution is 2.27. The number of hydrogen-bond acceptors (Lipinski definition) is 4. The molecule has 4 aromatic rings. The first-order valence-electron chi connectivity index (χ1n) is 8.51. The number of hydrogen-bond donors (Lipinski definition) is 2. The molecule has 2 heterocycles. The number of carbonyl (C=O) groups is 1. The van der Waals surface area contributed by atoms with Crippen molar-refractivity contribution < 1.29 is 18.7 Å². The fraction of sp³-hybridized carbons (Fsp3) is 0. The number of fused-ring (bicyclic) bond motifs is 1. The summed E-state index contributed by atoms with van der Waals surface area (Å²) in [7, 11) is 0. The van der Waals surface area contributed by atoms with Gasteiger partial charge in [-0.3, -0.25) is 14.2 Å². The van der Waals surface area contributed by atoms with Crippen molar-refractivity contribution in [2.75, 3.05) is 5.32 Å². The maximum atomic E-state index is 13.3. The Labute approximate surface area is 162 Å². The number of pyridine rings is 2. The second-order valence-electron chi connectivity index (χ2n) is 6.18. The van der Waals surface area contributed by atoms with Crippen LogP contribution in [0, 0.1) is 11.6 Å². The maximum Gasteiger partial charge on any atom is 0.273 e. The fourth-order valence-corrected chi connectivity index (χ4v) is 2.97. The van der Waals surface area contributed by atoms with Crippen LogP contribution < -0.4 is 10.9 Å². The molecule has 2 N–H and O–H groups in total. The van der Waals surface area contributed by atoms with Crippen molar-refractivity contribution in [1.82, 2.24) is 9.55 Å². The number of carbonyl (C=O) groups excluding carboxylic acids is 1. The Bertz CT molecular complexity index is 1280. The molecule has 2 aromatic carbocycles. The molecule has 0 bridgehead atoms. The molecule has 0 aliphatic heterocycles. The predicted octanol–water partition coefficient (Wildman–Crippen LogP) is 3.62. The zero-order chi connectivity index (χ0) is 20.5. The van der Waals surface area contributed by atoms with Crippen molar-refractivity contribution in [3.8, 4) is 11.4 Å². The summed E-state index contributed by atoms with van der Waals surface area (Å²) in [4.78, 5) is 30.0. The number of aromatic hydroxyl groups is 1. The number of rotatable bonds is 3. The van der Waals surface area contributed by atoms with Gasteiger partial charge in [0.25, 0.3) is 11.5 Å². The molecule has 0 saturated carbocycles. The van der Waals surface area contributed by atoms with Gasteiger partial charge >= 0.3 is 0 Å². The first-order chi connectivity index (χ1) is 14.0. The maximum absolute atomic E-state index is 13.3. The Morgan fingerprint density at radius 3 is 2.24 bits per heavy atom. The van der Waals surface area contributed by atoms with Gasteiger partial charge in [0, 0.05) is 11.9 Å². The standard InChI is InChI=1S/C21H13F2N3O3/c22-12-3-7-14(8-4-12)25-20(28)17-18(27)16-2-1-11-24-19(16)26(21(17)29)15-9-5-13(23)6-10-15/h1-11,27H,(H,25,28). The van der Waals surface area contributed by atoms with Crippen LogP contribution in [0.1, 0.15) is 10.4 Å². The largest absolute Gasteiger partial charge is 0.506 e. The summed E-state index contributed by atoms with van der Waals surface area (Å²) in [6.07, 6.45) is 1.43. The third kappa shape index (κ3) is 3.31. The normalized spacial score (nSPS) is 10.8. The number of aromatic nitrogens is 2. The number of benzene rings is 2. The summed E-state index contributed by atoms with van der Waals surface area (Å²) in [5.41, 5.74) is -0.718. The number of nitrogens with zero attached hydrogens (tertiary/aromatic N) is 2. The van der Waals surface area contributed by atoms with Crippen molar-refractivity contribution in [3.05, 3.63) is 94.4 Å². The van der Waals surface area contributed by atoms with E-state index in [1.807, 2.05) is 0 Å². The highest BCUT2D eigenvalue weighted by molar-refractivity contribution is 6.08. The molecule has 0 aliphatic rings. The van der Waals surface area contributed by atoms with Gasteiger partial charge in [-0.25, -0.2) is 13.8 Å². The second-order valence-corrected chi connectivity index (χ2v) is 6.18. The van der Waals surface area contributed by atoms with Crippen LogP contribution in [-0.4, -0.2) is 20.6 Å². The van der Waals surface area contributed by atoms with Gasteiger partial charge in [0.15, 0.2) is 5.65 Å². The highest BCUT2D eigenvalue weighted by atomic mass is 19.1. The first kappa shape index (κ1) is 18.3. The van der Waals surface area contributed by atoms with Crippen LogP contribution in [0.3, 0.4) is 0 Å². The Kier molecular flexibility index (Phi) is 4.52. The third-order valence-electron chi connectivity index (χ3n) is 4.32. The van der Waals surface area contributed by atoms with E-state index in [9.17, 15) is 23.5 Å². The molecule has 144 valence electrons. The van der Waals surface area contributed by atoms with Crippen LogP contribution >= 0.6 is 0 Å². The Morgan fingerprint density at radius 1 is 0.966 bits per heavy atom. The number of amides is 1. The van der Waals surface area contributed by atoms with Gasteiger partial charge in [-0.05, 0) is 60.7 Å². The van der Waals surface area contributed by atoms with Crippen LogP contribution in [0.25, 0.3) is 16.7 Å². The zero-order valence-electron chi connectivity index (χ0n) is 14.8. The molecule has 0 aliphatic carbocycles. The molecular formula is C21H13F2N3O3. The topological polar surface area (TPSA) is 84.2 Å². The monoisotopic (exact) mass is 393 g/mol. The lowest BCUT2D eigenvalue weighted by Gasteiger charge is -2.14. The van der Waals surface area contributed by atoms with E-state index < -0.39 is 34.4 Å². The first-order valence-corrected chi connectivity index (χ1v) is 8.51. The summed E-state index contributed by atoms with van der Waals surface area (Å²) in [5, 5.41) is 13.2. The molecule has 6 nitrogen and oxygen atoms in total. The molecular weight excluding hydrogens is 380 g/mol. The van der Waals surface area contributed by atoms with Gasteiger partial charge in [0.2, 0.25) is 0 Å². The van der Waals surface area contributed by atoms with Crippen molar-refractivity contribution >= 4 is 22.6 Å². The van der Waals surface area contributed by atoms with Crippen LogP contribution in [0.4, 0.5) is 14.5 Å². The Morgan fingerprint density at radius 2 is 1.59 bits per heavy atom. The molecule has 8 heteroatoms. The van der Waals surface area contributed by atoms with E-state index in [4.69, 9.17) is 0 Å². The van der Waals surface area contributed by atoms with E-state index in [1.54, 1.807) is 6.07 Å². The Balaban J connectivity index is 1.92. The van der Waals surface area contributed by atoms with Gasteiger partial charge in [0.1, 0.15) is 22.9 Å². The van der Waals surface area contributed by atoms with Gasteiger partial charge in [-0.15, -0.1) is 0 Å². The lowest BCUT2D eigenvalue weighted by Crippen LogP contribution is -2.29. The van der Waals surface area contributed by atoms with E-state index in [0.29, 0.717) is 0 Å². The minimum Gasteiger partial charge on any atom is -0.506 e. The number of nitrogens with one attached hydrogen (secondary N) is 1. The predicted molar refractivity (Wildman–Crippen MR) is 103 cm³/mol. The van der Waals surface area contributed by atoms with Crippen molar-refractivity contribution in [2.45, 2.75) is 0 Å². The van der Waals surface area contributed by atoms with E-state index >= 15 is 0 Å². The molecule has 0 radical (unpaired) electrons. The van der Waals surface area contributed by atoms with Crippen molar-refractivity contribution in [3.63, 3.8) is 0 Å². The molecule has 0 atom stereocenters. The summed E-state index contributed by atoms with van der Waals surface area (Å²) < 4.78 is 27.5. The molecule has 0 unspecified atom stereocenters. The second kappa shape index (κ2) is 7.16. The molecule has 1 amide bonds. The number of anilines is 1. The van der Waals surface area contributed by atoms with Gasteiger partial charge in [-0.2, -0.15) is 0 Å². The zero-order valence-corrected chi connectivity index (χ0v) is 14.8. The molecule has 0 saturated heterocycles. The van der Waals surface area contributed by atoms with Crippen LogP contribution in [0.2, 0.25) is 0 Å². The van der Waals surface area contributed by atoms with Gasteiger partial charge < -0.3 is 10.4 Å². The van der Waals surface area contributed by atoms with Crippen LogP contribution in [0.5, 0.6) is 5.75 Å². The Hall–Kier alpha value is -4.07. The summed E-state index contributed by atoms with van der Waals surface area (Å²) in [5.74, 6) is -2.38. The quantitative estimate of drug-likeness (QED) is 0.557. The lowest BCUT2D eigenvalue weighted by atomic mass is 10.1. The highest BCUT2D eigenvalue weighted by Gasteiger charge is 2.23. The molecule has 4 rings (SSSR count). The SMILES string of the molecule is O=C(Nc1ccc(F)cc1)c1c(O)c2cccnc2n(-c2ccc(F)cc2)c1=O. The van der Waals surface area contributed by atoms with E-state index in [-0.39, 0.29) is 22.4 Å². The minimum atomic E-state index is -0.874. The molecule has 29 heavy (non-hydrogen) atoms. The third-order valence-corrected chi connectivity index (χ3v) is 4.32. The molecule has 2 aromatic heterocycles. The van der Waals surface area contributed by atoms with Gasteiger partial charge in [-0.1, -0.05) is 0 Å². The lowest BCUT2D eigenvalue weighted by molar-refractivity contribution is 0.102. The van der Waals surface area contributed by atoms with Gasteiger partial charge in [0.05, 0.1) is 11.1 Å². The average Bonchev–Trinajstić information content (AvgIpc) is 2.71. The fourth-order valence-electron chi connectivity index (χ4n) is 2.97. The van der Waals surface area contributed by atoms with E-state index in [0.717, 1.165) is 16.7 Å². The summed E-state index contributed by atoms with van der Waals surface area (Å²) in [6, 6.07) is 13.1. The van der Waals surface area contributed by atoms with Crippen molar-refractivity contribution in [2.24, 2.45) is 0 Å². The minimum absolute atomic E-state index is 0.111.